The van der Waals surface area contributed by atoms with Crippen molar-refractivity contribution in [1.82, 2.24) is 0 Å². The van der Waals surface area contributed by atoms with E-state index in [4.69, 9.17) is 21.1 Å². The van der Waals surface area contributed by atoms with Crippen molar-refractivity contribution in [2.75, 3.05) is 19.2 Å². The van der Waals surface area contributed by atoms with Gasteiger partial charge in [0.05, 0.1) is 36.2 Å². The number of rotatable bonds is 6. The van der Waals surface area contributed by atoms with Crippen LogP contribution in [0, 0.1) is 0 Å². The summed E-state index contributed by atoms with van der Waals surface area (Å²) in [7, 11) is 3.11. The van der Waals surface area contributed by atoms with Gasteiger partial charge in [0.25, 0.3) is 5.91 Å². The van der Waals surface area contributed by atoms with E-state index in [1.54, 1.807) is 32.4 Å². The summed E-state index contributed by atoms with van der Waals surface area (Å²) in [6.45, 7) is 2.05. The fraction of sp³-hybridized carbons (Fsp3) is 0.238. The Kier molecular flexibility index (Phi) is 5.81. The van der Waals surface area contributed by atoms with Crippen molar-refractivity contribution in [1.29, 1.82) is 0 Å². The second-order valence-electron chi connectivity index (χ2n) is 6.04. The predicted octanol–water partition coefficient (Wildman–Crippen LogP) is 4.94. The topological polar surface area (TPSA) is 51.1 Å². The van der Waals surface area contributed by atoms with Gasteiger partial charge in [0.1, 0.15) is 0 Å². The highest BCUT2D eigenvalue weighted by Crippen LogP contribution is 2.35. The van der Waals surface area contributed by atoms with Crippen LogP contribution in [0.15, 0.2) is 53.1 Å². The van der Waals surface area contributed by atoms with Crippen molar-refractivity contribution in [3.05, 3.63) is 58.6 Å². The molecule has 0 unspecified atom stereocenters. The molecule has 140 valence electrons. The van der Waals surface area contributed by atoms with Crippen LogP contribution < -0.4 is 14.5 Å². The van der Waals surface area contributed by atoms with E-state index in [0.717, 1.165) is 17.8 Å². The molecular weight excluding hydrogens is 364 g/mol. The Morgan fingerprint density at radius 2 is 1.78 bits per heavy atom. The van der Waals surface area contributed by atoms with E-state index in [9.17, 15) is 4.79 Å². The van der Waals surface area contributed by atoms with Crippen molar-refractivity contribution in [3.63, 3.8) is 0 Å². The van der Waals surface area contributed by atoms with Crippen LogP contribution >= 0.6 is 11.6 Å². The molecule has 27 heavy (non-hydrogen) atoms. The first-order valence-electron chi connectivity index (χ1n) is 8.69. The summed E-state index contributed by atoms with van der Waals surface area (Å²) in [6.07, 6.45) is 3.35. The Morgan fingerprint density at radius 3 is 2.41 bits per heavy atom. The van der Waals surface area contributed by atoms with Gasteiger partial charge in [-0.05, 0) is 36.3 Å². The summed E-state index contributed by atoms with van der Waals surface area (Å²) >= 11 is 6.40. The summed E-state index contributed by atoms with van der Waals surface area (Å²) < 4.78 is 10.6. The van der Waals surface area contributed by atoms with Crippen molar-refractivity contribution < 1.29 is 14.3 Å². The second-order valence-corrected chi connectivity index (χ2v) is 6.44. The van der Waals surface area contributed by atoms with Crippen LogP contribution in [0.25, 0.3) is 6.08 Å². The standard InChI is InChI=1S/C21H21ClN2O3/c1-4-8-18-16(21(25)24(23-18)15-9-6-5-7-10-15)11-14-12-19(26-2)20(27-3)13-17(14)22/h5-7,9-13H,4,8H2,1-3H3. The first-order chi connectivity index (χ1) is 13.1. The Balaban J connectivity index is 2.04. The molecule has 1 aliphatic rings. The fourth-order valence-electron chi connectivity index (χ4n) is 2.90. The third-order valence-corrected chi connectivity index (χ3v) is 4.57. The highest BCUT2D eigenvalue weighted by atomic mass is 35.5. The third-order valence-electron chi connectivity index (χ3n) is 4.24. The molecule has 0 atom stereocenters. The first kappa shape index (κ1) is 19.0. The van der Waals surface area contributed by atoms with Crippen molar-refractivity contribution in [2.45, 2.75) is 19.8 Å². The Bertz CT molecular complexity index is 907. The molecule has 1 amide bonds. The number of ether oxygens (including phenoxy) is 2. The minimum atomic E-state index is -0.171. The number of halogens is 1. The van der Waals surface area contributed by atoms with Gasteiger partial charge in [0, 0.05) is 6.07 Å². The molecular formula is C21H21ClN2O3. The normalized spacial score (nSPS) is 15.3. The maximum absolute atomic E-state index is 13.0. The van der Waals surface area contributed by atoms with E-state index in [2.05, 4.69) is 12.0 Å². The number of benzene rings is 2. The zero-order valence-electron chi connectivity index (χ0n) is 15.5. The van der Waals surface area contributed by atoms with E-state index >= 15 is 0 Å². The predicted molar refractivity (Wildman–Crippen MR) is 109 cm³/mol. The minimum Gasteiger partial charge on any atom is -0.493 e. The van der Waals surface area contributed by atoms with Crippen molar-refractivity contribution in [3.8, 4) is 11.5 Å². The summed E-state index contributed by atoms with van der Waals surface area (Å²) in [4.78, 5) is 13.0. The molecule has 0 spiro atoms. The molecule has 0 saturated heterocycles. The number of methoxy groups -OCH3 is 2. The SMILES string of the molecule is CCCC1=NN(c2ccccc2)C(=O)C1=Cc1cc(OC)c(OC)cc1Cl. The van der Waals surface area contributed by atoms with E-state index in [-0.39, 0.29) is 5.91 Å². The average molecular weight is 385 g/mol. The number of nitrogens with zero attached hydrogens (tertiary/aromatic N) is 2. The van der Waals surface area contributed by atoms with Crippen molar-refractivity contribution >= 4 is 35.0 Å². The lowest BCUT2D eigenvalue weighted by Crippen LogP contribution is -2.21. The number of anilines is 1. The molecule has 1 heterocycles. The average Bonchev–Trinajstić information content (AvgIpc) is 2.99. The van der Waals surface area contributed by atoms with Gasteiger partial charge in [0.15, 0.2) is 11.5 Å². The third kappa shape index (κ3) is 3.83. The monoisotopic (exact) mass is 384 g/mol. The van der Waals surface area contributed by atoms with Crippen LogP contribution in [-0.2, 0) is 4.79 Å². The number of carbonyl (C=O) groups excluding carboxylic acids is 1. The number of para-hydroxylation sites is 1. The molecule has 6 heteroatoms. The van der Waals surface area contributed by atoms with Crippen LogP contribution in [0.4, 0.5) is 5.69 Å². The van der Waals surface area contributed by atoms with Crippen LogP contribution in [0.2, 0.25) is 5.02 Å². The van der Waals surface area contributed by atoms with E-state index in [1.165, 1.54) is 5.01 Å². The molecule has 0 N–H and O–H groups in total. The van der Waals surface area contributed by atoms with Gasteiger partial charge >= 0.3 is 0 Å². The number of carbonyl (C=O) groups is 1. The number of hydrogen-bond acceptors (Lipinski definition) is 4. The number of hydrogen-bond donors (Lipinski definition) is 0. The largest absolute Gasteiger partial charge is 0.493 e. The molecule has 0 saturated carbocycles. The lowest BCUT2D eigenvalue weighted by Gasteiger charge is -2.12. The maximum Gasteiger partial charge on any atom is 0.280 e. The summed E-state index contributed by atoms with van der Waals surface area (Å²) in [5.74, 6) is 0.916. The summed E-state index contributed by atoms with van der Waals surface area (Å²) in [5, 5.41) is 6.46. The number of amides is 1. The molecule has 0 bridgehead atoms. The lowest BCUT2D eigenvalue weighted by atomic mass is 10.0. The van der Waals surface area contributed by atoms with Crippen LogP contribution in [0.5, 0.6) is 11.5 Å². The maximum atomic E-state index is 13.0. The Labute approximate surface area is 163 Å². The van der Waals surface area contributed by atoms with Gasteiger partial charge in [-0.2, -0.15) is 10.1 Å². The molecule has 3 rings (SSSR count). The minimum absolute atomic E-state index is 0.171. The van der Waals surface area contributed by atoms with Gasteiger partial charge < -0.3 is 9.47 Å². The first-order valence-corrected chi connectivity index (χ1v) is 9.07. The molecule has 5 nitrogen and oxygen atoms in total. The molecule has 2 aromatic rings. The quantitative estimate of drug-likeness (QED) is 0.662. The Morgan fingerprint density at radius 1 is 1.11 bits per heavy atom. The fourth-order valence-corrected chi connectivity index (χ4v) is 3.11. The molecule has 0 aromatic heterocycles. The smallest absolute Gasteiger partial charge is 0.280 e. The van der Waals surface area contributed by atoms with Crippen LogP contribution in [0.3, 0.4) is 0 Å². The van der Waals surface area contributed by atoms with E-state index in [0.29, 0.717) is 34.1 Å². The summed E-state index contributed by atoms with van der Waals surface area (Å²) in [6, 6.07) is 12.8. The highest BCUT2D eigenvalue weighted by Gasteiger charge is 2.30. The van der Waals surface area contributed by atoms with Crippen LogP contribution in [0.1, 0.15) is 25.3 Å². The van der Waals surface area contributed by atoms with Crippen LogP contribution in [-0.4, -0.2) is 25.8 Å². The second kappa shape index (κ2) is 8.27. The number of hydrazone groups is 1. The molecule has 0 radical (unpaired) electrons. The molecule has 1 aliphatic heterocycles. The molecule has 0 aliphatic carbocycles. The zero-order valence-corrected chi connectivity index (χ0v) is 16.3. The van der Waals surface area contributed by atoms with Gasteiger partial charge in [0.2, 0.25) is 0 Å². The van der Waals surface area contributed by atoms with Gasteiger partial charge in [-0.1, -0.05) is 43.1 Å². The molecule has 2 aromatic carbocycles. The van der Waals surface area contributed by atoms with E-state index in [1.807, 2.05) is 30.3 Å². The highest BCUT2D eigenvalue weighted by molar-refractivity contribution is 6.35. The van der Waals surface area contributed by atoms with Gasteiger partial charge in [-0.15, -0.1) is 0 Å². The zero-order chi connectivity index (χ0) is 19.4. The summed E-state index contributed by atoms with van der Waals surface area (Å²) in [5.41, 5.74) is 2.70. The Hall–Kier alpha value is -2.79. The molecule has 0 fully saturated rings. The van der Waals surface area contributed by atoms with Crippen molar-refractivity contribution in [2.24, 2.45) is 5.10 Å². The van der Waals surface area contributed by atoms with E-state index < -0.39 is 0 Å². The lowest BCUT2D eigenvalue weighted by molar-refractivity contribution is -0.114. The van der Waals surface area contributed by atoms with Gasteiger partial charge in [-0.3, -0.25) is 4.79 Å². The van der Waals surface area contributed by atoms with Gasteiger partial charge in [-0.25, -0.2) is 0 Å².